The van der Waals surface area contributed by atoms with Crippen LogP contribution in [0.15, 0.2) is 53.0 Å². The van der Waals surface area contributed by atoms with Gasteiger partial charge in [0.25, 0.3) is 0 Å². The van der Waals surface area contributed by atoms with Gasteiger partial charge in [0.2, 0.25) is 0 Å². The number of amides is 2. The monoisotopic (exact) mass is 360 g/mol. The molecule has 0 aromatic heterocycles. The van der Waals surface area contributed by atoms with Gasteiger partial charge in [0, 0.05) is 10.2 Å². The van der Waals surface area contributed by atoms with Crippen molar-refractivity contribution >= 4 is 33.3 Å². The number of carbonyl (C=O) groups excluding carboxylic acids is 1. The van der Waals surface area contributed by atoms with E-state index in [0.717, 1.165) is 28.0 Å². The molecule has 22 heavy (non-hydrogen) atoms. The van der Waals surface area contributed by atoms with Gasteiger partial charge in [-0.3, -0.25) is 4.90 Å². The fourth-order valence-corrected chi connectivity index (χ4v) is 2.69. The SMILES string of the molecule is CC[C@H]1CN(C(=O)Nc2ccc(Br)cc2)c2ccccc2O1. The summed E-state index contributed by atoms with van der Waals surface area (Å²) in [5.74, 6) is 0.756. The number of halogens is 1. The van der Waals surface area contributed by atoms with E-state index in [1.54, 1.807) is 4.90 Å². The molecule has 1 aliphatic heterocycles. The van der Waals surface area contributed by atoms with Crippen molar-refractivity contribution in [3.63, 3.8) is 0 Å². The number of fused-ring (bicyclic) bond motifs is 1. The lowest BCUT2D eigenvalue weighted by atomic mass is 10.1. The number of nitrogens with zero attached hydrogens (tertiary/aromatic N) is 1. The van der Waals surface area contributed by atoms with Crippen molar-refractivity contribution in [3.05, 3.63) is 53.0 Å². The van der Waals surface area contributed by atoms with E-state index >= 15 is 0 Å². The number of rotatable bonds is 2. The molecule has 1 atom stereocenters. The summed E-state index contributed by atoms with van der Waals surface area (Å²) in [5, 5.41) is 2.93. The fourth-order valence-electron chi connectivity index (χ4n) is 2.43. The number of urea groups is 1. The molecule has 0 aliphatic carbocycles. The number of benzene rings is 2. The van der Waals surface area contributed by atoms with Crippen molar-refractivity contribution in [2.45, 2.75) is 19.4 Å². The van der Waals surface area contributed by atoms with Gasteiger partial charge >= 0.3 is 6.03 Å². The normalized spacial score (nSPS) is 16.6. The van der Waals surface area contributed by atoms with Gasteiger partial charge in [0.05, 0.1) is 12.2 Å². The van der Waals surface area contributed by atoms with E-state index in [-0.39, 0.29) is 12.1 Å². The van der Waals surface area contributed by atoms with E-state index in [0.29, 0.717) is 6.54 Å². The Morgan fingerprint density at radius 1 is 1.27 bits per heavy atom. The lowest BCUT2D eigenvalue weighted by molar-refractivity contribution is 0.188. The van der Waals surface area contributed by atoms with Gasteiger partial charge in [-0.15, -0.1) is 0 Å². The van der Waals surface area contributed by atoms with Crippen LogP contribution in [0.2, 0.25) is 0 Å². The minimum atomic E-state index is -0.142. The summed E-state index contributed by atoms with van der Waals surface area (Å²) in [6.45, 7) is 2.61. The minimum Gasteiger partial charge on any atom is -0.486 e. The Kier molecular flexibility index (Phi) is 4.34. The fraction of sp³-hybridized carbons (Fsp3) is 0.235. The Hall–Kier alpha value is -2.01. The molecule has 2 aromatic carbocycles. The minimum absolute atomic E-state index is 0.0190. The quantitative estimate of drug-likeness (QED) is 0.845. The predicted molar refractivity (Wildman–Crippen MR) is 91.7 cm³/mol. The summed E-state index contributed by atoms with van der Waals surface area (Å²) in [7, 11) is 0. The number of nitrogens with one attached hydrogen (secondary N) is 1. The zero-order valence-electron chi connectivity index (χ0n) is 12.3. The molecule has 1 N–H and O–H groups in total. The molecule has 0 radical (unpaired) electrons. The molecule has 0 bridgehead atoms. The molecule has 0 saturated carbocycles. The number of hydrogen-bond donors (Lipinski definition) is 1. The summed E-state index contributed by atoms with van der Waals surface area (Å²) in [6, 6.07) is 15.0. The van der Waals surface area contributed by atoms with E-state index in [1.165, 1.54) is 0 Å². The molecule has 5 heteroatoms. The van der Waals surface area contributed by atoms with Crippen molar-refractivity contribution in [2.75, 3.05) is 16.8 Å². The van der Waals surface area contributed by atoms with Crippen molar-refractivity contribution in [2.24, 2.45) is 0 Å². The van der Waals surface area contributed by atoms with Crippen molar-refractivity contribution in [1.82, 2.24) is 0 Å². The van der Waals surface area contributed by atoms with Crippen molar-refractivity contribution < 1.29 is 9.53 Å². The van der Waals surface area contributed by atoms with Crippen molar-refractivity contribution in [1.29, 1.82) is 0 Å². The molecule has 114 valence electrons. The van der Waals surface area contributed by atoms with Crippen LogP contribution in [-0.2, 0) is 0 Å². The van der Waals surface area contributed by atoms with Gasteiger partial charge in [0.15, 0.2) is 0 Å². The number of hydrogen-bond acceptors (Lipinski definition) is 2. The van der Waals surface area contributed by atoms with Gasteiger partial charge in [-0.05, 0) is 42.8 Å². The molecule has 0 unspecified atom stereocenters. The van der Waals surface area contributed by atoms with Gasteiger partial charge in [-0.1, -0.05) is 35.0 Å². The molecule has 0 spiro atoms. The maximum Gasteiger partial charge on any atom is 0.326 e. The largest absolute Gasteiger partial charge is 0.486 e. The maximum atomic E-state index is 12.6. The number of para-hydroxylation sites is 2. The highest BCUT2D eigenvalue weighted by atomic mass is 79.9. The molecule has 2 aromatic rings. The number of ether oxygens (including phenoxy) is 1. The predicted octanol–water partition coefficient (Wildman–Crippen LogP) is 4.66. The second-order valence-corrected chi connectivity index (χ2v) is 6.08. The topological polar surface area (TPSA) is 41.6 Å². The number of anilines is 2. The van der Waals surface area contributed by atoms with E-state index in [1.807, 2.05) is 48.5 Å². The first kappa shape index (κ1) is 14.9. The second kappa shape index (κ2) is 6.40. The first-order valence-corrected chi connectivity index (χ1v) is 8.06. The lowest BCUT2D eigenvalue weighted by Gasteiger charge is -2.34. The van der Waals surface area contributed by atoms with E-state index in [9.17, 15) is 4.79 Å². The van der Waals surface area contributed by atoms with Crippen molar-refractivity contribution in [3.8, 4) is 5.75 Å². The third-order valence-corrected chi connectivity index (χ3v) is 4.16. The first-order chi connectivity index (χ1) is 10.7. The first-order valence-electron chi connectivity index (χ1n) is 7.27. The van der Waals surface area contributed by atoms with Crippen LogP contribution in [0.4, 0.5) is 16.2 Å². The average Bonchev–Trinajstić information content (AvgIpc) is 2.55. The van der Waals surface area contributed by atoms with Gasteiger partial charge in [-0.2, -0.15) is 0 Å². The molecule has 3 rings (SSSR count). The lowest BCUT2D eigenvalue weighted by Crippen LogP contribution is -2.45. The highest BCUT2D eigenvalue weighted by Gasteiger charge is 2.28. The second-order valence-electron chi connectivity index (χ2n) is 5.16. The summed E-state index contributed by atoms with van der Waals surface area (Å²) in [5.41, 5.74) is 1.58. The molecule has 0 fully saturated rings. The van der Waals surface area contributed by atoms with Crippen LogP contribution in [0.5, 0.6) is 5.75 Å². The van der Waals surface area contributed by atoms with Crippen LogP contribution in [0.1, 0.15) is 13.3 Å². The van der Waals surface area contributed by atoms with Crippen LogP contribution in [0.3, 0.4) is 0 Å². The zero-order valence-corrected chi connectivity index (χ0v) is 13.8. The Balaban J connectivity index is 1.83. The summed E-state index contributed by atoms with van der Waals surface area (Å²) >= 11 is 3.39. The zero-order chi connectivity index (χ0) is 15.5. The molecule has 0 saturated heterocycles. The standard InChI is InChI=1S/C17H17BrN2O2/c1-2-14-11-20(15-5-3-4-6-16(15)22-14)17(21)19-13-9-7-12(18)8-10-13/h3-10,14H,2,11H2,1H3,(H,19,21)/t14-/m0/s1. The Morgan fingerprint density at radius 3 is 2.73 bits per heavy atom. The summed E-state index contributed by atoms with van der Waals surface area (Å²) < 4.78 is 6.88. The van der Waals surface area contributed by atoms with Gasteiger partial charge in [-0.25, -0.2) is 4.79 Å². The third-order valence-electron chi connectivity index (χ3n) is 3.63. The molecule has 2 amide bonds. The highest BCUT2D eigenvalue weighted by Crippen LogP contribution is 2.34. The number of carbonyl (C=O) groups is 1. The molecule has 1 aliphatic rings. The maximum absolute atomic E-state index is 12.6. The summed E-state index contributed by atoms with van der Waals surface area (Å²) in [6.07, 6.45) is 0.877. The Labute approximate surface area is 138 Å². The van der Waals surface area contributed by atoms with Gasteiger partial charge in [0.1, 0.15) is 11.9 Å². The van der Waals surface area contributed by atoms with Crippen LogP contribution >= 0.6 is 15.9 Å². The Morgan fingerprint density at radius 2 is 2.00 bits per heavy atom. The molecule has 4 nitrogen and oxygen atoms in total. The van der Waals surface area contributed by atoms with E-state index in [2.05, 4.69) is 28.2 Å². The van der Waals surface area contributed by atoms with Crippen LogP contribution in [0, 0.1) is 0 Å². The van der Waals surface area contributed by atoms with E-state index in [4.69, 9.17) is 4.74 Å². The van der Waals surface area contributed by atoms with E-state index < -0.39 is 0 Å². The molecular formula is C17H17BrN2O2. The van der Waals surface area contributed by atoms with Crippen LogP contribution in [0.25, 0.3) is 0 Å². The van der Waals surface area contributed by atoms with Crippen LogP contribution in [-0.4, -0.2) is 18.7 Å². The Bertz CT molecular complexity index is 673. The third kappa shape index (κ3) is 3.09. The smallest absolute Gasteiger partial charge is 0.326 e. The molecular weight excluding hydrogens is 344 g/mol. The average molecular weight is 361 g/mol. The summed E-state index contributed by atoms with van der Waals surface area (Å²) in [4.78, 5) is 14.4. The van der Waals surface area contributed by atoms with Gasteiger partial charge < -0.3 is 10.1 Å². The molecule has 1 heterocycles. The van der Waals surface area contributed by atoms with Crippen LogP contribution < -0.4 is 15.0 Å². The highest BCUT2D eigenvalue weighted by molar-refractivity contribution is 9.10.